The average molecular weight is 1320 g/mol. The van der Waals surface area contributed by atoms with Crippen molar-refractivity contribution >= 4 is 53.9 Å². The van der Waals surface area contributed by atoms with E-state index in [1.54, 1.807) is 0 Å². The number of nitrogens with zero attached hydrogens (tertiary/aromatic N) is 4. The first-order valence-electron chi connectivity index (χ1n) is 35.7. The summed E-state index contributed by atoms with van der Waals surface area (Å²) in [5, 5.41) is 12.2. The van der Waals surface area contributed by atoms with Crippen LogP contribution in [-0.2, 0) is 0 Å². The monoisotopic (exact) mass is 1320 g/mol. The summed E-state index contributed by atoms with van der Waals surface area (Å²) in [6.07, 6.45) is 3.66. The zero-order valence-electron chi connectivity index (χ0n) is 56.4. The third kappa shape index (κ3) is 9.39. The van der Waals surface area contributed by atoms with Gasteiger partial charge >= 0.3 is 0 Å². The van der Waals surface area contributed by atoms with Crippen molar-refractivity contribution in [2.24, 2.45) is 0 Å². The molecule has 0 spiro atoms. The number of rotatable bonds is 11. The molecule has 0 aliphatic heterocycles. The summed E-state index contributed by atoms with van der Waals surface area (Å²) in [5.41, 5.74) is 33.9. The van der Waals surface area contributed by atoms with E-state index in [1.165, 1.54) is 149 Å². The molecule has 0 radical (unpaired) electrons. The zero-order chi connectivity index (χ0) is 68.3. The van der Waals surface area contributed by atoms with Crippen LogP contribution < -0.4 is 0 Å². The van der Waals surface area contributed by atoms with Gasteiger partial charge in [-0.3, -0.25) is 9.97 Å². The molecule has 0 amide bonds. The molecule has 0 bridgehead atoms. The fourth-order valence-corrected chi connectivity index (χ4v) is 17.2. The van der Waals surface area contributed by atoms with Crippen molar-refractivity contribution in [3.8, 4) is 168 Å². The first-order chi connectivity index (χ1) is 51.6. The Morgan fingerprint density at radius 3 is 1.06 bits per heavy atom. The van der Waals surface area contributed by atoms with E-state index in [-0.39, 0.29) is 0 Å². The highest BCUT2D eigenvalue weighted by Gasteiger charge is 2.34. The second-order valence-electron chi connectivity index (χ2n) is 27.3. The van der Waals surface area contributed by atoms with Crippen LogP contribution in [-0.4, -0.2) is 19.9 Å². The Morgan fingerprint density at radius 2 is 0.519 bits per heavy atom. The second-order valence-corrected chi connectivity index (χ2v) is 27.3. The van der Waals surface area contributed by atoms with Gasteiger partial charge < -0.3 is 0 Å². The Bertz CT molecular complexity index is 6640. The van der Waals surface area contributed by atoms with Crippen LogP contribution in [0.15, 0.2) is 364 Å². The maximum absolute atomic E-state index is 5.54. The third-order valence-corrected chi connectivity index (χ3v) is 21.7. The highest BCUT2D eigenvalue weighted by atomic mass is 14.8. The normalized spacial score (nSPS) is 11.8. The molecule has 0 fully saturated rings. The minimum absolute atomic E-state index is 0.817. The van der Waals surface area contributed by atoms with Crippen molar-refractivity contribution in [1.82, 2.24) is 19.9 Å². The number of pyridine rings is 4. The van der Waals surface area contributed by atoms with Gasteiger partial charge in [-0.2, -0.15) is 0 Å². The van der Waals surface area contributed by atoms with Gasteiger partial charge in [0.15, 0.2) is 0 Å². The molecule has 15 aromatic carbocycles. The SMILES string of the molecule is c1ccc(-c2c3c(c(-c4ccccc4)c4cc(-c5ccc(-c6ccc7c8c(cccc68)-c6c-7c(-c7ccccc7)c7ccccc7c6-c6ccccc6)c(-c6cccc(-c7ccccn7)n6)c5)ccc24)-c2ccc(-c4ccc5cc(-c6cccc(-c7ccccn7)n6)ccc5c4)c4cccc-3c24)cc1. The van der Waals surface area contributed by atoms with Gasteiger partial charge in [-0.1, -0.05) is 279 Å². The molecular formula is C100H60N4. The largest absolute Gasteiger partial charge is 0.255 e. The van der Waals surface area contributed by atoms with E-state index in [9.17, 15) is 0 Å². The van der Waals surface area contributed by atoms with Crippen LogP contribution in [0.4, 0.5) is 0 Å². The molecule has 19 aromatic rings. The molecule has 0 N–H and O–H groups in total. The minimum Gasteiger partial charge on any atom is -0.255 e. The Morgan fingerprint density at radius 1 is 0.154 bits per heavy atom. The molecule has 4 nitrogen and oxygen atoms in total. The topological polar surface area (TPSA) is 51.6 Å². The lowest BCUT2D eigenvalue weighted by Crippen LogP contribution is -1.95. The van der Waals surface area contributed by atoms with Gasteiger partial charge in [0.1, 0.15) is 0 Å². The summed E-state index contributed by atoms with van der Waals surface area (Å²) in [7, 11) is 0. The molecule has 4 heterocycles. The van der Waals surface area contributed by atoms with Crippen LogP contribution in [0.5, 0.6) is 0 Å². The predicted octanol–water partition coefficient (Wildman–Crippen LogP) is 26.7. The van der Waals surface area contributed by atoms with Crippen LogP contribution in [0.2, 0.25) is 0 Å². The number of hydrogen-bond acceptors (Lipinski definition) is 4. The first kappa shape index (κ1) is 59.1. The molecule has 2 aliphatic carbocycles. The summed E-state index contributed by atoms with van der Waals surface area (Å²) in [6, 6.07) is 129. The highest BCUT2D eigenvalue weighted by Crippen LogP contribution is 2.61. The number of fused-ring (bicyclic) bond motifs is 9. The molecule has 2 aliphatic rings. The molecule has 4 heteroatoms. The van der Waals surface area contributed by atoms with Crippen LogP contribution in [0.3, 0.4) is 0 Å². The molecular weight excluding hydrogens is 1260 g/mol. The standard InChI is InChI=1S/C100H60N4/c1-5-23-61(24-6-1)91-76-31-13-14-32-77(76)92(62-25-7-2-8-26-62)99-82-54-52-72(75-34-20-36-80(96(75)82)97(91)99)73-49-47-67(59-83(73)86-40-22-42-90(104-86)88-38-16-18-56-102-88)68-48-50-78-84(60-68)94(64-29-11-4-12-30-64)100-81-53-51-71(74-33-19-35-79(95(74)81)98(100)93(78)63-27-9-3-10-28-63)69-45-43-66-58-70(46-44-65(66)57-69)85-39-21-41-89(103-85)87-37-15-17-55-101-87/h1-60H. The molecule has 104 heavy (non-hydrogen) atoms. The fourth-order valence-electron chi connectivity index (χ4n) is 17.2. The van der Waals surface area contributed by atoms with Gasteiger partial charge in [0, 0.05) is 23.5 Å². The summed E-state index contributed by atoms with van der Waals surface area (Å²) >= 11 is 0. The zero-order valence-corrected chi connectivity index (χ0v) is 56.4. The molecule has 21 rings (SSSR count). The van der Waals surface area contributed by atoms with Crippen LogP contribution in [0.1, 0.15) is 0 Å². The van der Waals surface area contributed by atoms with Gasteiger partial charge in [-0.05, 0) is 249 Å². The Labute approximate surface area is 601 Å². The maximum Gasteiger partial charge on any atom is 0.0893 e. The third-order valence-electron chi connectivity index (χ3n) is 21.7. The Balaban J connectivity index is 0.749. The van der Waals surface area contributed by atoms with Crippen LogP contribution in [0, 0.1) is 0 Å². The number of benzene rings is 15. The lowest BCUT2D eigenvalue weighted by atomic mass is 9.81. The van der Waals surface area contributed by atoms with Gasteiger partial charge in [-0.25, -0.2) is 9.97 Å². The summed E-state index contributed by atoms with van der Waals surface area (Å²) in [6.45, 7) is 0. The molecule has 4 aromatic heterocycles. The van der Waals surface area contributed by atoms with Gasteiger partial charge in [0.25, 0.3) is 0 Å². The summed E-state index contributed by atoms with van der Waals surface area (Å²) < 4.78 is 0. The van der Waals surface area contributed by atoms with Gasteiger partial charge in [0.2, 0.25) is 0 Å². The van der Waals surface area contributed by atoms with E-state index in [2.05, 4.69) is 314 Å². The Kier molecular flexibility index (Phi) is 13.6. The van der Waals surface area contributed by atoms with E-state index in [0.717, 1.165) is 72.9 Å². The van der Waals surface area contributed by atoms with Crippen molar-refractivity contribution in [3.05, 3.63) is 364 Å². The average Bonchev–Trinajstić information content (AvgIpc) is 1.53. The number of hydrogen-bond donors (Lipinski definition) is 0. The quantitative estimate of drug-likeness (QED) is 0.129. The van der Waals surface area contributed by atoms with Gasteiger partial charge in [-0.15, -0.1) is 0 Å². The molecule has 0 saturated carbocycles. The molecule has 0 unspecified atom stereocenters. The number of aromatic nitrogens is 4. The molecule has 0 saturated heterocycles. The molecule has 480 valence electrons. The van der Waals surface area contributed by atoms with E-state index in [4.69, 9.17) is 15.0 Å². The van der Waals surface area contributed by atoms with E-state index < -0.39 is 0 Å². The van der Waals surface area contributed by atoms with Gasteiger partial charge in [0.05, 0.1) is 34.2 Å². The lowest BCUT2D eigenvalue weighted by molar-refractivity contribution is 1.25. The summed E-state index contributed by atoms with van der Waals surface area (Å²) in [4.78, 5) is 20.0. The van der Waals surface area contributed by atoms with E-state index >= 15 is 0 Å². The van der Waals surface area contributed by atoms with Crippen molar-refractivity contribution in [3.63, 3.8) is 0 Å². The van der Waals surface area contributed by atoms with E-state index in [1.807, 2.05) is 54.9 Å². The highest BCUT2D eigenvalue weighted by molar-refractivity contribution is 6.31. The second kappa shape index (κ2) is 24.0. The fraction of sp³-hybridized carbons (Fsp3) is 0. The minimum atomic E-state index is 0.817. The predicted molar refractivity (Wildman–Crippen MR) is 434 cm³/mol. The Hall–Kier alpha value is -13.8. The smallest absolute Gasteiger partial charge is 0.0893 e. The van der Waals surface area contributed by atoms with Crippen molar-refractivity contribution in [2.45, 2.75) is 0 Å². The van der Waals surface area contributed by atoms with Crippen molar-refractivity contribution < 1.29 is 0 Å². The molecule has 0 atom stereocenters. The van der Waals surface area contributed by atoms with Crippen LogP contribution in [0.25, 0.3) is 222 Å². The summed E-state index contributed by atoms with van der Waals surface area (Å²) in [5.74, 6) is 0. The van der Waals surface area contributed by atoms with Crippen molar-refractivity contribution in [1.29, 1.82) is 0 Å². The van der Waals surface area contributed by atoms with Crippen molar-refractivity contribution in [2.75, 3.05) is 0 Å². The lowest BCUT2D eigenvalue weighted by Gasteiger charge is -2.21. The van der Waals surface area contributed by atoms with Crippen LogP contribution >= 0.6 is 0 Å². The van der Waals surface area contributed by atoms with E-state index in [0.29, 0.717) is 0 Å². The first-order valence-corrected chi connectivity index (χ1v) is 35.7. The maximum atomic E-state index is 5.54.